The molecule has 0 spiro atoms. The zero-order chi connectivity index (χ0) is 14.4. The molecule has 0 bridgehead atoms. The lowest BCUT2D eigenvalue weighted by Crippen LogP contribution is -2.15. The van der Waals surface area contributed by atoms with Crippen LogP contribution in [0.4, 0.5) is 0 Å². The molecule has 21 heavy (non-hydrogen) atoms. The van der Waals surface area contributed by atoms with Crippen LogP contribution in [-0.2, 0) is 0 Å². The maximum atomic E-state index is 9.82. The molecule has 4 rings (SSSR count). The van der Waals surface area contributed by atoms with Gasteiger partial charge in [0.1, 0.15) is 24.8 Å². The maximum absolute atomic E-state index is 9.82. The van der Waals surface area contributed by atoms with E-state index in [0.29, 0.717) is 19.0 Å². The highest BCUT2D eigenvalue weighted by molar-refractivity contribution is 14.1. The number of aromatic hydroxyl groups is 1. The average Bonchev–Trinajstić information content (AvgIpc) is 2.90. The molecule has 0 amide bonds. The molecule has 1 aromatic heterocycles. The van der Waals surface area contributed by atoms with Crippen molar-refractivity contribution in [2.24, 2.45) is 0 Å². The van der Waals surface area contributed by atoms with Crippen LogP contribution in [0.15, 0.2) is 30.3 Å². The van der Waals surface area contributed by atoms with Crippen LogP contribution in [0.5, 0.6) is 17.2 Å². The minimum atomic E-state index is 0.250. The van der Waals surface area contributed by atoms with Gasteiger partial charge < -0.3 is 19.6 Å². The van der Waals surface area contributed by atoms with Crippen LogP contribution in [0.1, 0.15) is 0 Å². The summed E-state index contributed by atoms with van der Waals surface area (Å²) < 4.78 is 11.9. The maximum Gasteiger partial charge on any atom is 0.163 e. The summed E-state index contributed by atoms with van der Waals surface area (Å²) in [5, 5.41) is 9.82. The molecule has 0 atom stereocenters. The Morgan fingerprint density at radius 3 is 2.62 bits per heavy atom. The molecule has 1 aliphatic rings. The molecule has 1 aliphatic heterocycles. The third-order valence-electron chi connectivity index (χ3n) is 3.37. The van der Waals surface area contributed by atoms with Gasteiger partial charge in [0.15, 0.2) is 11.5 Å². The molecular formula is C15H11IN2O3. The fraction of sp³-hybridized carbons (Fsp3) is 0.133. The van der Waals surface area contributed by atoms with Crippen LogP contribution < -0.4 is 9.47 Å². The molecule has 106 valence electrons. The molecule has 0 saturated carbocycles. The number of rotatable bonds is 1. The van der Waals surface area contributed by atoms with E-state index in [4.69, 9.17) is 9.47 Å². The summed E-state index contributed by atoms with van der Waals surface area (Å²) in [4.78, 5) is 7.81. The fourth-order valence-corrected chi connectivity index (χ4v) is 2.68. The largest absolute Gasteiger partial charge is 0.507 e. The Morgan fingerprint density at radius 1 is 1.10 bits per heavy atom. The number of nitrogens with one attached hydrogen (secondary N) is 1. The van der Waals surface area contributed by atoms with Crippen molar-refractivity contribution in [3.63, 3.8) is 0 Å². The van der Waals surface area contributed by atoms with Crippen LogP contribution in [-0.4, -0.2) is 28.3 Å². The number of phenolic OH excluding ortho intramolecular Hbond substituents is 1. The Morgan fingerprint density at radius 2 is 1.86 bits per heavy atom. The first-order chi connectivity index (χ1) is 10.2. The van der Waals surface area contributed by atoms with Gasteiger partial charge in [0, 0.05) is 17.7 Å². The van der Waals surface area contributed by atoms with E-state index in [2.05, 4.69) is 32.6 Å². The van der Waals surface area contributed by atoms with Gasteiger partial charge in [-0.1, -0.05) is 0 Å². The summed E-state index contributed by atoms with van der Waals surface area (Å²) in [5.74, 6) is 2.41. The molecule has 6 heteroatoms. The quantitative estimate of drug-likeness (QED) is 0.622. The number of hydrogen-bond donors (Lipinski definition) is 2. The normalized spacial score (nSPS) is 13.6. The van der Waals surface area contributed by atoms with Crippen molar-refractivity contribution >= 4 is 33.6 Å². The zero-order valence-corrected chi connectivity index (χ0v) is 13.0. The standard InChI is InChI=1S/C15H11IN2O3/c16-9-2-1-8(5-12(9)19)15-17-10-6-13-14(7-11(10)18-15)21-4-3-20-13/h1-2,5-7,19H,3-4H2,(H,17,18). The van der Waals surface area contributed by atoms with Crippen LogP contribution in [0.3, 0.4) is 0 Å². The van der Waals surface area contributed by atoms with E-state index in [9.17, 15) is 5.11 Å². The second-order valence-corrected chi connectivity index (χ2v) is 5.93. The molecule has 0 aliphatic carbocycles. The van der Waals surface area contributed by atoms with E-state index >= 15 is 0 Å². The van der Waals surface area contributed by atoms with Gasteiger partial charge in [0.25, 0.3) is 0 Å². The first-order valence-electron chi connectivity index (χ1n) is 6.49. The van der Waals surface area contributed by atoms with Crippen LogP contribution in [0, 0.1) is 3.57 Å². The molecule has 0 saturated heterocycles. The summed E-state index contributed by atoms with van der Waals surface area (Å²) in [7, 11) is 0. The minimum absolute atomic E-state index is 0.250. The third-order valence-corrected chi connectivity index (χ3v) is 4.28. The van der Waals surface area contributed by atoms with E-state index in [1.807, 2.05) is 24.3 Å². The van der Waals surface area contributed by atoms with Crippen LogP contribution in [0.2, 0.25) is 0 Å². The van der Waals surface area contributed by atoms with Gasteiger partial charge in [0.2, 0.25) is 0 Å². The van der Waals surface area contributed by atoms with Crippen LogP contribution >= 0.6 is 22.6 Å². The first-order valence-corrected chi connectivity index (χ1v) is 7.57. The van der Waals surface area contributed by atoms with Gasteiger partial charge in [-0.05, 0) is 40.8 Å². The van der Waals surface area contributed by atoms with Crippen molar-refractivity contribution in [1.29, 1.82) is 0 Å². The van der Waals surface area contributed by atoms with Gasteiger partial charge in [-0.3, -0.25) is 0 Å². The van der Waals surface area contributed by atoms with E-state index in [0.717, 1.165) is 31.7 Å². The minimum Gasteiger partial charge on any atom is -0.507 e. The van der Waals surface area contributed by atoms with Crippen molar-refractivity contribution in [3.05, 3.63) is 33.9 Å². The Bertz CT molecular complexity index is 801. The highest BCUT2D eigenvalue weighted by atomic mass is 127. The molecule has 2 aromatic carbocycles. The number of aromatic amines is 1. The zero-order valence-electron chi connectivity index (χ0n) is 10.9. The Hall–Kier alpha value is -1.96. The second-order valence-electron chi connectivity index (χ2n) is 4.76. The highest BCUT2D eigenvalue weighted by Gasteiger charge is 2.15. The average molecular weight is 394 g/mol. The predicted molar refractivity (Wildman–Crippen MR) is 86.9 cm³/mol. The number of aromatic nitrogens is 2. The Kier molecular flexibility index (Phi) is 2.91. The summed E-state index contributed by atoms with van der Waals surface area (Å²) in [5.41, 5.74) is 2.53. The van der Waals surface area contributed by atoms with Gasteiger partial charge in [0.05, 0.1) is 14.6 Å². The number of fused-ring (bicyclic) bond motifs is 2. The first kappa shape index (κ1) is 12.8. The number of hydrogen-bond acceptors (Lipinski definition) is 4. The Balaban J connectivity index is 1.84. The van der Waals surface area contributed by atoms with E-state index in [1.165, 1.54) is 0 Å². The van der Waals surface area contributed by atoms with Crippen LogP contribution in [0.25, 0.3) is 22.4 Å². The number of nitrogens with zero attached hydrogens (tertiary/aromatic N) is 1. The number of ether oxygens (including phenoxy) is 2. The monoisotopic (exact) mass is 394 g/mol. The number of benzene rings is 2. The van der Waals surface area contributed by atoms with Gasteiger partial charge in [-0.25, -0.2) is 4.98 Å². The predicted octanol–water partition coefficient (Wildman–Crippen LogP) is 3.31. The van der Waals surface area contributed by atoms with Gasteiger partial charge >= 0.3 is 0 Å². The van der Waals surface area contributed by atoms with Crippen molar-refractivity contribution in [2.45, 2.75) is 0 Å². The number of H-pyrrole nitrogens is 1. The van der Waals surface area contributed by atoms with Crippen molar-refractivity contribution in [3.8, 4) is 28.6 Å². The number of halogens is 1. The lowest BCUT2D eigenvalue weighted by molar-refractivity contribution is 0.172. The van der Waals surface area contributed by atoms with Crippen molar-refractivity contribution < 1.29 is 14.6 Å². The second kappa shape index (κ2) is 4.80. The fourth-order valence-electron chi connectivity index (χ4n) is 2.34. The summed E-state index contributed by atoms with van der Waals surface area (Å²) >= 11 is 2.09. The molecule has 2 heterocycles. The van der Waals surface area contributed by atoms with Gasteiger partial charge in [-0.2, -0.15) is 0 Å². The lowest BCUT2D eigenvalue weighted by atomic mass is 10.2. The van der Waals surface area contributed by atoms with Crippen molar-refractivity contribution in [1.82, 2.24) is 9.97 Å². The highest BCUT2D eigenvalue weighted by Crippen LogP contribution is 2.35. The molecular weight excluding hydrogens is 383 g/mol. The topological polar surface area (TPSA) is 67.4 Å². The molecule has 0 radical (unpaired) electrons. The molecule has 0 fully saturated rings. The third kappa shape index (κ3) is 2.19. The smallest absolute Gasteiger partial charge is 0.163 e. The Labute approximate surface area is 134 Å². The molecule has 5 nitrogen and oxygen atoms in total. The lowest BCUT2D eigenvalue weighted by Gasteiger charge is -2.17. The van der Waals surface area contributed by atoms with Crippen molar-refractivity contribution in [2.75, 3.05) is 13.2 Å². The number of phenols is 1. The molecule has 0 unspecified atom stereocenters. The summed E-state index contributed by atoms with van der Waals surface area (Å²) in [6.45, 7) is 1.12. The van der Waals surface area contributed by atoms with E-state index in [-0.39, 0.29) is 5.75 Å². The summed E-state index contributed by atoms with van der Waals surface area (Å²) in [6.07, 6.45) is 0. The van der Waals surface area contributed by atoms with Gasteiger partial charge in [-0.15, -0.1) is 0 Å². The van der Waals surface area contributed by atoms with E-state index in [1.54, 1.807) is 6.07 Å². The van der Waals surface area contributed by atoms with E-state index < -0.39 is 0 Å². The SMILES string of the molecule is Oc1cc(-c2nc3cc4c(cc3[nH]2)OCCO4)ccc1I. The molecule has 3 aromatic rings. The molecule has 2 N–H and O–H groups in total. The number of imidazole rings is 1. The summed E-state index contributed by atoms with van der Waals surface area (Å²) in [6, 6.07) is 9.25.